The van der Waals surface area contributed by atoms with Gasteiger partial charge in [-0.3, -0.25) is 10.1 Å². The van der Waals surface area contributed by atoms with Crippen molar-refractivity contribution in [3.63, 3.8) is 0 Å². The van der Waals surface area contributed by atoms with Crippen LogP contribution in [0.15, 0.2) is 63.8 Å². The van der Waals surface area contributed by atoms with E-state index in [4.69, 9.17) is 9.15 Å². The lowest BCUT2D eigenvalue weighted by molar-refractivity contribution is -0.384. The monoisotopic (exact) mass is 321 g/mol. The molecule has 0 saturated heterocycles. The van der Waals surface area contributed by atoms with Gasteiger partial charge in [0, 0.05) is 12.1 Å². The molecule has 0 fully saturated rings. The average molecular weight is 321 g/mol. The minimum Gasteiger partial charge on any atom is -0.480 e. The van der Waals surface area contributed by atoms with Crippen LogP contribution < -0.4 is 10.4 Å². The van der Waals surface area contributed by atoms with Gasteiger partial charge in [0.15, 0.2) is 0 Å². The third-order valence-electron chi connectivity index (χ3n) is 3.91. The maximum absolute atomic E-state index is 12.1. The highest BCUT2D eigenvalue weighted by Gasteiger charge is 2.22. The van der Waals surface area contributed by atoms with Crippen molar-refractivity contribution in [2.45, 2.75) is 6.10 Å². The number of fused-ring (bicyclic) bond motifs is 3. The van der Waals surface area contributed by atoms with E-state index >= 15 is 0 Å². The smallest absolute Gasteiger partial charge is 0.347 e. The fourth-order valence-electron chi connectivity index (χ4n) is 2.72. The van der Waals surface area contributed by atoms with Crippen molar-refractivity contribution in [3.05, 3.63) is 86.3 Å². The van der Waals surface area contributed by atoms with Crippen LogP contribution >= 0.6 is 0 Å². The number of hydrogen-bond acceptors (Lipinski definition) is 5. The molecule has 6 heteroatoms. The van der Waals surface area contributed by atoms with E-state index in [0.717, 1.165) is 5.56 Å². The molecule has 2 aromatic carbocycles. The summed E-state index contributed by atoms with van der Waals surface area (Å²) in [4.78, 5) is 22.4. The van der Waals surface area contributed by atoms with E-state index in [1.807, 2.05) is 12.1 Å². The Labute approximate surface area is 135 Å². The second kappa shape index (κ2) is 5.34. The summed E-state index contributed by atoms with van der Waals surface area (Å²) in [6.07, 6.45) is 2.97. The van der Waals surface area contributed by atoms with Gasteiger partial charge in [-0.05, 0) is 42.0 Å². The molecule has 0 amide bonds. The third-order valence-corrected chi connectivity index (χ3v) is 3.91. The normalized spacial score (nSPS) is 15.8. The first-order chi connectivity index (χ1) is 11.6. The van der Waals surface area contributed by atoms with E-state index < -0.39 is 16.7 Å². The van der Waals surface area contributed by atoms with Gasteiger partial charge in [-0.15, -0.1) is 0 Å². The molecule has 24 heavy (non-hydrogen) atoms. The Bertz CT molecular complexity index is 1030. The second-order valence-corrected chi connectivity index (χ2v) is 5.37. The SMILES string of the molecule is O=c1oc2ccccc2c2c1C=CC(c1ccc([N+](=O)[O-])cc1)O2. The number of para-hydroxylation sites is 1. The minimum atomic E-state index is -0.456. The first-order valence-corrected chi connectivity index (χ1v) is 7.28. The number of nitro benzene ring substituents is 1. The zero-order chi connectivity index (χ0) is 16.7. The predicted octanol–water partition coefficient (Wildman–Crippen LogP) is 3.85. The molecule has 1 aliphatic heterocycles. The Morgan fingerprint density at radius 3 is 2.54 bits per heavy atom. The number of nitro groups is 1. The van der Waals surface area contributed by atoms with Gasteiger partial charge in [0.2, 0.25) is 0 Å². The summed E-state index contributed by atoms with van der Waals surface area (Å²) in [7, 11) is 0. The van der Waals surface area contributed by atoms with E-state index in [9.17, 15) is 14.9 Å². The number of non-ortho nitro benzene ring substituents is 1. The molecular weight excluding hydrogens is 310 g/mol. The lowest BCUT2D eigenvalue weighted by Gasteiger charge is -2.22. The molecule has 1 atom stereocenters. The summed E-state index contributed by atoms with van der Waals surface area (Å²) in [6, 6.07) is 13.3. The van der Waals surface area contributed by atoms with Crippen molar-refractivity contribution < 1.29 is 14.1 Å². The molecule has 3 aromatic rings. The van der Waals surface area contributed by atoms with Crippen LogP contribution in [0.3, 0.4) is 0 Å². The van der Waals surface area contributed by atoms with Crippen molar-refractivity contribution >= 4 is 22.7 Å². The predicted molar refractivity (Wildman–Crippen MR) is 88.0 cm³/mol. The van der Waals surface area contributed by atoms with Crippen LogP contribution in [0.1, 0.15) is 17.2 Å². The van der Waals surface area contributed by atoms with Crippen molar-refractivity contribution in [1.29, 1.82) is 0 Å². The van der Waals surface area contributed by atoms with Gasteiger partial charge in [0.05, 0.1) is 10.3 Å². The number of hydrogen-bond donors (Lipinski definition) is 0. The molecule has 2 heterocycles. The second-order valence-electron chi connectivity index (χ2n) is 5.37. The highest BCUT2D eigenvalue weighted by atomic mass is 16.6. The summed E-state index contributed by atoms with van der Waals surface area (Å²) in [5, 5.41) is 11.5. The van der Waals surface area contributed by atoms with E-state index in [1.165, 1.54) is 12.1 Å². The standard InChI is InChI=1S/C18H11NO5/c20-18-14-9-10-15(11-5-7-12(8-6-11)19(21)22)23-17(14)13-3-1-2-4-16(13)24-18/h1-10,15H. The maximum Gasteiger partial charge on any atom is 0.347 e. The van der Waals surface area contributed by atoms with E-state index in [-0.39, 0.29) is 5.69 Å². The van der Waals surface area contributed by atoms with E-state index in [2.05, 4.69) is 0 Å². The fourth-order valence-corrected chi connectivity index (χ4v) is 2.72. The highest BCUT2D eigenvalue weighted by molar-refractivity contribution is 5.87. The Hall–Kier alpha value is -3.41. The number of rotatable bonds is 2. The van der Waals surface area contributed by atoms with E-state index in [0.29, 0.717) is 22.3 Å². The molecule has 0 spiro atoms. The molecule has 118 valence electrons. The number of ether oxygens (including phenoxy) is 1. The quantitative estimate of drug-likeness (QED) is 0.407. The molecule has 4 rings (SSSR count). The summed E-state index contributed by atoms with van der Waals surface area (Å²) in [5.74, 6) is 0.465. The van der Waals surface area contributed by atoms with Crippen LogP contribution in [0.25, 0.3) is 17.0 Å². The topological polar surface area (TPSA) is 82.6 Å². The molecular formula is C18H11NO5. The van der Waals surface area contributed by atoms with Crippen molar-refractivity contribution in [1.82, 2.24) is 0 Å². The van der Waals surface area contributed by atoms with Crippen LogP contribution in [-0.2, 0) is 0 Å². The summed E-state index contributed by atoms with van der Waals surface area (Å²) < 4.78 is 11.3. The molecule has 0 bridgehead atoms. The van der Waals surface area contributed by atoms with Gasteiger partial charge >= 0.3 is 5.63 Å². The molecule has 0 saturated carbocycles. The van der Waals surface area contributed by atoms with Crippen LogP contribution in [0.5, 0.6) is 5.75 Å². The van der Waals surface area contributed by atoms with Crippen LogP contribution in [0, 0.1) is 10.1 Å². The Morgan fingerprint density at radius 2 is 1.79 bits per heavy atom. The Kier molecular flexibility index (Phi) is 3.16. The lowest BCUT2D eigenvalue weighted by Crippen LogP contribution is -2.15. The first-order valence-electron chi connectivity index (χ1n) is 7.28. The lowest BCUT2D eigenvalue weighted by atomic mass is 10.0. The third kappa shape index (κ3) is 2.25. The number of nitrogens with zero attached hydrogens (tertiary/aromatic N) is 1. The zero-order valence-corrected chi connectivity index (χ0v) is 12.3. The highest BCUT2D eigenvalue weighted by Crippen LogP contribution is 2.36. The molecule has 0 N–H and O–H groups in total. The van der Waals surface area contributed by atoms with Gasteiger partial charge in [-0.1, -0.05) is 12.1 Å². The molecule has 6 nitrogen and oxygen atoms in total. The van der Waals surface area contributed by atoms with Gasteiger partial charge in [-0.25, -0.2) is 4.79 Å². The summed E-state index contributed by atoms with van der Waals surface area (Å²) in [6.45, 7) is 0. The van der Waals surface area contributed by atoms with Crippen LogP contribution in [-0.4, -0.2) is 4.92 Å². The van der Waals surface area contributed by atoms with Crippen molar-refractivity contribution in [2.75, 3.05) is 0 Å². The summed E-state index contributed by atoms with van der Waals surface area (Å²) >= 11 is 0. The fraction of sp³-hybridized carbons (Fsp3) is 0.0556. The maximum atomic E-state index is 12.1. The first kappa shape index (κ1) is 14.2. The molecule has 1 aliphatic rings. The summed E-state index contributed by atoms with van der Waals surface area (Å²) in [5.41, 5.74) is 1.15. The molecule has 1 unspecified atom stereocenters. The van der Waals surface area contributed by atoms with E-state index in [1.54, 1.807) is 36.4 Å². The molecule has 0 aliphatic carbocycles. The zero-order valence-electron chi connectivity index (χ0n) is 12.3. The van der Waals surface area contributed by atoms with Crippen LogP contribution in [0.4, 0.5) is 5.69 Å². The van der Waals surface area contributed by atoms with Gasteiger partial charge in [0.25, 0.3) is 5.69 Å². The average Bonchev–Trinajstić information content (AvgIpc) is 2.61. The van der Waals surface area contributed by atoms with Gasteiger partial charge in [-0.2, -0.15) is 0 Å². The molecule has 1 aromatic heterocycles. The van der Waals surface area contributed by atoms with Crippen molar-refractivity contribution in [2.24, 2.45) is 0 Å². The minimum absolute atomic E-state index is 0.0185. The van der Waals surface area contributed by atoms with Gasteiger partial charge in [0.1, 0.15) is 23.0 Å². The number of benzene rings is 2. The molecule has 0 radical (unpaired) electrons. The van der Waals surface area contributed by atoms with Crippen LogP contribution in [0.2, 0.25) is 0 Å². The van der Waals surface area contributed by atoms with Crippen molar-refractivity contribution in [3.8, 4) is 5.75 Å². The largest absolute Gasteiger partial charge is 0.480 e. The Morgan fingerprint density at radius 1 is 1.04 bits per heavy atom. The Balaban J connectivity index is 1.78. The van der Waals surface area contributed by atoms with Gasteiger partial charge < -0.3 is 9.15 Å².